The largest absolute Gasteiger partial charge is 0.366 e. The zero-order chi connectivity index (χ0) is 15.6. The Bertz CT molecular complexity index is 790. The minimum absolute atomic E-state index is 0.0153. The molecule has 1 amide bonds. The average molecular weight is 345 g/mol. The lowest BCUT2D eigenvalue weighted by Gasteiger charge is -2.10. The number of halogens is 2. The van der Waals surface area contributed by atoms with Crippen molar-refractivity contribution < 1.29 is 13.2 Å². The van der Waals surface area contributed by atoms with Crippen molar-refractivity contribution in [2.24, 2.45) is 5.73 Å². The number of hydrogen-bond acceptors (Lipinski definition) is 3. The number of nitrogens with one attached hydrogen (secondary N) is 1. The molecule has 2 rings (SSSR count). The van der Waals surface area contributed by atoms with Crippen molar-refractivity contribution in [1.82, 2.24) is 0 Å². The van der Waals surface area contributed by atoms with E-state index in [4.69, 9.17) is 28.9 Å². The van der Waals surface area contributed by atoms with Crippen molar-refractivity contribution in [3.8, 4) is 0 Å². The molecular weight excluding hydrogens is 335 g/mol. The second-order valence-corrected chi connectivity index (χ2v) is 6.64. The Morgan fingerprint density at radius 2 is 1.67 bits per heavy atom. The number of anilines is 1. The Morgan fingerprint density at radius 1 is 1.05 bits per heavy atom. The molecule has 3 N–H and O–H groups in total. The predicted molar refractivity (Wildman–Crippen MR) is 82.2 cm³/mol. The summed E-state index contributed by atoms with van der Waals surface area (Å²) in [5, 5.41) is 0.577. The van der Waals surface area contributed by atoms with Crippen LogP contribution in [-0.2, 0) is 10.0 Å². The van der Waals surface area contributed by atoms with Crippen LogP contribution >= 0.6 is 23.2 Å². The molecule has 21 heavy (non-hydrogen) atoms. The van der Waals surface area contributed by atoms with Crippen LogP contribution in [0.2, 0.25) is 10.0 Å². The average Bonchev–Trinajstić information content (AvgIpc) is 2.42. The van der Waals surface area contributed by atoms with E-state index in [-0.39, 0.29) is 21.2 Å². The molecule has 0 unspecified atom stereocenters. The summed E-state index contributed by atoms with van der Waals surface area (Å²) >= 11 is 11.7. The van der Waals surface area contributed by atoms with Crippen LogP contribution in [0.3, 0.4) is 0 Å². The van der Waals surface area contributed by atoms with E-state index in [1.165, 1.54) is 42.5 Å². The van der Waals surface area contributed by atoms with Gasteiger partial charge in [0.15, 0.2) is 0 Å². The zero-order valence-corrected chi connectivity index (χ0v) is 12.8. The van der Waals surface area contributed by atoms with Crippen molar-refractivity contribution >= 4 is 44.8 Å². The maximum absolute atomic E-state index is 12.2. The van der Waals surface area contributed by atoms with Gasteiger partial charge in [-0.3, -0.25) is 9.52 Å². The third kappa shape index (κ3) is 3.66. The van der Waals surface area contributed by atoms with Crippen molar-refractivity contribution in [3.63, 3.8) is 0 Å². The fourth-order valence-electron chi connectivity index (χ4n) is 1.57. The number of amides is 1. The molecule has 0 bridgehead atoms. The molecule has 0 radical (unpaired) electrons. The summed E-state index contributed by atoms with van der Waals surface area (Å²) in [7, 11) is -3.82. The topological polar surface area (TPSA) is 89.3 Å². The third-order valence-corrected chi connectivity index (χ3v) is 4.55. The Kier molecular flexibility index (Phi) is 4.41. The summed E-state index contributed by atoms with van der Waals surface area (Å²) in [4.78, 5) is 10.9. The number of carbonyl (C=O) groups is 1. The van der Waals surface area contributed by atoms with Gasteiger partial charge >= 0.3 is 0 Å². The molecule has 0 spiro atoms. The number of primary amides is 1. The minimum atomic E-state index is -3.82. The molecule has 0 fully saturated rings. The van der Waals surface area contributed by atoms with Crippen LogP contribution in [0.1, 0.15) is 10.4 Å². The van der Waals surface area contributed by atoms with Gasteiger partial charge < -0.3 is 5.73 Å². The fraction of sp³-hybridized carbons (Fsp3) is 0. The first-order chi connectivity index (χ1) is 9.79. The summed E-state index contributed by atoms with van der Waals surface area (Å²) in [6, 6.07) is 9.64. The van der Waals surface area contributed by atoms with Crippen LogP contribution in [0.5, 0.6) is 0 Å². The number of hydrogen-bond donors (Lipinski definition) is 2. The Balaban J connectivity index is 2.31. The lowest BCUT2D eigenvalue weighted by atomic mass is 10.2. The van der Waals surface area contributed by atoms with Crippen LogP contribution in [0.25, 0.3) is 0 Å². The summed E-state index contributed by atoms with van der Waals surface area (Å²) in [5.41, 5.74) is 5.53. The lowest BCUT2D eigenvalue weighted by molar-refractivity contribution is 0.1000. The van der Waals surface area contributed by atoms with Crippen molar-refractivity contribution in [3.05, 3.63) is 58.1 Å². The highest BCUT2D eigenvalue weighted by Crippen LogP contribution is 2.27. The first-order valence-corrected chi connectivity index (χ1v) is 7.91. The molecule has 0 heterocycles. The van der Waals surface area contributed by atoms with Gasteiger partial charge in [0.05, 0.1) is 15.6 Å². The normalized spacial score (nSPS) is 11.1. The van der Waals surface area contributed by atoms with E-state index in [1.807, 2.05) is 0 Å². The highest BCUT2D eigenvalue weighted by atomic mass is 35.5. The van der Waals surface area contributed by atoms with Gasteiger partial charge in [-0.05, 0) is 42.5 Å². The number of rotatable bonds is 4. The zero-order valence-electron chi connectivity index (χ0n) is 10.5. The third-order valence-electron chi connectivity index (χ3n) is 2.62. The Hall–Kier alpha value is -1.76. The number of benzene rings is 2. The number of nitrogens with two attached hydrogens (primary N) is 1. The Morgan fingerprint density at radius 3 is 2.19 bits per heavy atom. The molecule has 0 aromatic heterocycles. The van der Waals surface area contributed by atoms with Crippen molar-refractivity contribution in [2.75, 3.05) is 4.72 Å². The van der Waals surface area contributed by atoms with Crippen LogP contribution < -0.4 is 10.5 Å². The van der Waals surface area contributed by atoms with Gasteiger partial charge in [-0.15, -0.1) is 0 Å². The molecule has 110 valence electrons. The van der Waals surface area contributed by atoms with E-state index in [0.29, 0.717) is 5.02 Å². The lowest BCUT2D eigenvalue weighted by Crippen LogP contribution is -2.14. The second-order valence-electron chi connectivity index (χ2n) is 4.12. The molecule has 0 aliphatic carbocycles. The van der Waals surface area contributed by atoms with E-state index in [2.05, 4.69) is 4.72 Å². The monoisotopic (exact) mass is 344 g/mol. The van der Waals surface area contributed by atoms with E-state index in [1.54, 1.807) is 0 Å². The molecule has 0 aliphatic heterocycles. The molecular formula is C13H10Cl2N2O3S. The van der Waals surface area contributed by atoms with Crippen LogP contribution in [0, 0.1) is 0 Å². The van der Waals surface area contributed by atoms with Crippen LogP contribution in [0.4, 0.5) is 5.69 Å². The van der Waals surface area contributed by atoms with Gasteiger partial charge in [-0.2, -0.15) is 0 Å². The molecule has 0 saturated heterocycles. The molecule has 0 atom stereocenters. The standard InChI is InChI=1S/C13H10Cl2N2O3S/c14-9-3-6-12(11(15)7-9)17-21(19,20)10-4-1-8(2-5-10)13(16)18/h1-7,17H,(H2,16,18). The molecule has 0 saturated carbocycles. The Labute approximate surface area is 131 Å². The summed E-state index contributed by atoms with van der Waals surface area (Å²) in [6.45, 7) is 0. The minimum Gasteiger partial charge on any atom is -0.366 e. The molecule has 2 aromatic rings. The molecule has 0 aliphatic rings. The van der Waals surface area contributed by atoms with E-state index in [9.17, 15) is 13.2 Å². The van der Waals surface area contributed by atoms with E-state index in [0.717, 1.165) is 0 Å². The molecule has 2 aromatic carbocycles. The summed E-state index contributed by atoms with van der Waals surface area (Å²) in [6.07, 6.45) is 0. The molecule has 8 heteroatoms. The predicted octanol–water partition coefficient (Wildman–Crippen LogP) is 2.89. The fourth-order valence-corrected chi connectivity index (χ4v) is 3.17. The first-order valence-electron chi connectivity index (χ1n) is 5.67. The number of sulfonamides is 1. The smallest absolute Gasteiger partial charge is 0.261 e. The van der Waals surface area contributed by atoms with Gasteiger partial charge in [0.1, 0.15) is 0 Å². The quantitative estimate of drug-likeness (QED) is 0.893. The SMILES string of the molecule is NC(=O)c1ccc(S(=O)(=O)Nc2ccc(Cl)cc2Cl)cc1. The highest BCUT2D eigenvalue weighted by molar-refractivity contribution is 7.92. The van der Waals surface area contributed by atoms with E-state index < -0.39 is 15.9 Å². The number of carbonyl (C=O) groups excluding carboxylic acids is 1. The van der Waals surface area contributed by atoms with Gasteiger partial charge in [0.2, 0.25) is 5.91 Å². The van der Waals surface area contributed by atoms with Crippen molar-refractivity contribution in [1.29, 1.82) is 0 Å². The maximum atomic E-state index is 12.2. The first kappa shape index (κ1) is 15.6. The summed E-state index contributed by atoms with van der Waals surface area (Å²) in [5.74, 6) is -0.632. The second kappa shape index (κ2) is 5.93. The van der Waals surface area contributed by atoms with Crippen LogP contribution in [-0.4, -0.2) is 14.3 Å². The summed E-state index contributed by atoms with van der Waals surface area (Å²) < 4.78 is 26.7. The maximum Gasteiger partial charge on any atom is 0.261 e. The molecule has 5 nitrogen and oxygen atoms in total. The van der Waals surface area contributed by atoms with Gasteiger partial charge in [-0.1, -0.05) is 23.2 Å². The van der Waals surface area contributed by atoms with Gasteiger partial charge in [-0.25, -0.2) is 8.42 Å². The van der Waals surface area contributed by atoms with Crippen molar-refractivity contribution in [2.45, 2.75) is 4.90 Å². The van der Waals surface area contributed by atoms with Crippen LogP contribution in [0.15, 0.2) is 47.4 Å². The highest BCUT2D eigenvalue weighted by Gasteiger charge is 2.16. The van der Waals surface area contributed by atoms with Gasteiger partial charge in [0, 0.05) is 10.6 Å². The van der Waals surface area contributed by atoms with E-state index >= 15 is 0 Å². The van der Waals surface area contributed by atoms with Gasteiger partial charge in [0.25, 0.3) is 10.0 Å².